The van der Waals surface area contributed by atoms with Crippen LogP contribution in [0.3, 0.4) is 0 Å². The summed E-state index contributed by atoms with van der Waals surface area (Å²) in [7, 11) is 0. The first-order valence-corrected chi connectivity index (χ1v) is 7.10. The zero-order valence-electron chi connectivity index (χ0n) is 13.2. The molecule has 2 aromatic carbocycles. The molecule has 0 heterocycles. The minimum absolute atomic E-state index is 0.124. The molecule has 0 unspecified atom stereocenters. The van der Waals surface area contributed by atoms with Gasteiger partial charge in [-0.25, -0.2) is 4.39 Å². The number of carbonyl (C=O) groups excluding carboxylic acids is 1. The topological polar surface area (TPSA) is 40.9 Å². The lowest BCUT2D eigenvalue weighted by Gasteiger charge is -2.22. The minimum atomic E-state index is -0.439. The summed E-state index contributed by atoms with van der Waals surface area (Å²) in [6.07, 6.45) is 0. The SMILES string of the molecule is CC(=O)c1cc(-c2ccccc2C#N)c(F)c(C(C)(C)C)c1. The van der Waals surface area contributed by atoms with Crippen LogP contribution in [0.1, 0.15) is 49.2 Å². The molecule has 2 nitrogen and oxygen atoms in total. The van der Waals surface area contributed by atoms with E-state index in [1.165, 1.54) is 13.0 Å². The zero-order valence-corrected chi connectivity index (χ0v) is 13.2. The second-order valence-corrected chi connectivity index (χ2v) is 6.35. The molecule has 0 bridgehead atoms. The molecular weight excluding hydrogens is 277 g/mol. The summed E-state index contributed by atoms with van der Waals surface area (Å²) in [6, 6.07) is 12.1. The van der Waals surface area contributed by atoms with E-state index < -0.39 is 5.41 Å². The van der Waals surface area contributed by atoms with Crippen LogP contribution in [-0.4, -0.2) is 5.78 Å². The van der Waals surface area contributed by atoms with Crippen LogP contribution in [0.5, 0.6) is 0 Å². The first kappa shape index (κ1) is 15.9. The standard InChI is InChI=1S/C19H18FNO/c1-12(22)14-9-16(15-8-6-5-7-13(15)11-21)18(20)17(10-14)19(2,3)4/h5-10H,1-4H3. The molecule has 0 aliphatic carbocycles. The van der Waals surface area contributed by atoms with E-state index in [1.807, 2.05) is 20.8 Å². The van der Waals surface area contributed by atoms with Gasteiger partial charge in [-0.05, 0) is 36.1 Å². The average Bonchev–Trinajstić information content (AvgIpc) is 2.46. The van der Waals surface area contributed by atoms with Crippen molar-refractivity contribution >= 4 is 5.78 Å². The molecule has 0 N–H and O–H groups in total. The predicted molar refractivity (Wildman–Crippen MR) is 85.3 cm³/mol. The molecule has 0 aliphatic rings. The van der Waals surface area contributed by atoms with Crippen molar-refractivity contribution in [2.24, 2.45) is 0 Å². The molecule has 112 valence electrons. The maximum atomic E-state index is 15.0. The van der Waals surface area contributed by atoms with Gasteiger partial charge in [-0.1, -0.05) is 39.0 Å². The van der Waals surface area contributed by atoms with Crippen molar-refractivity contribution in [1.29, 1.82) is 5.26 Å². The third kappa shape index (κ3) is 2.92. The largest absolute Gasteiger partial charge is 0.295 e. The summed E-state index contributed by atoms with van der Waals surface area (Å²) in [6.45, 7) is 7.15. The number of carbonyl (C=O) groups is 1. The number of benzene rings is 2. The van der Waals surface area contributed by atoms with Crippen LogP contribution < -0.4 is 0 Å². The van der Waals surface area contributed by atoms with E-state index >= 15 is 0 Å². The number of hydrogen-bond donors (Lipinski definition) is 0. The molecule has 0 radical (unpaired) electrons. The summed E-state index contributed by atoms with van der Waals surface area (Å²) in [5.74, 6) is -0.499. The second kappa shape index (κ2) is 5.73. The highest BCUT2D eigenvalue weighted by atomic mass is 19.1. The highest BCUT2D eigenvalue weighted by molar-refractivity contribution is 5.96. The number of Topliss-reactive ketones (excluding diaryl/α,β-unsaturated/α-hetero) is 1. The Balaban J connectivity index is 2.84. The van der Waals surface area contributed by atoms with Crippen LogP contribution in [0.15, 0.2) is 36.4 Å². The van der Waals surface area contributed by atoms with Crippen LogP contribution in [0, 0.1) is 17.1 Å². The van der Waals surface area contributed by atoms with Gasteiger partial charge in [0.05, 0.1) is 11.6 Å². The van der Waals surface area contributed by atoms with Crippen molar-refractivity contribution in [1.82, 2.24) is 0 Å². The molecule has 0 aromatic heterocycles. The van der Waals surface area contributed by atoms with Gasteiger partial charge in [-0.3, -0.25) is 4.79 Å². The Labute approximate surface area is 130 Å². The Morgan fingerprint density at radius 3 is 2.32 bits per heavy atom. The molecule has 0 spiro atoms. The lowest BCUT2D eigenvalue weighted by Crippen LogP contribution is -2.15. The van der Waals surface area contributed by atoms with Crippen molar-refractivity contribution in [3.8, 4) is 17.2 Å². The maximum Gasteiger partial charge on any atom is 0.159 e. The first-order chi connectivity index (χ1) is 10.3. The van der Waals surface area contributed by atoms with Gasteiger partial charge in [0.15, 0.2) is 5.78 Å². The molecule has 22 heavy (non-hydrogen) atoms. The molecule has 2 aromatic rings. The summed E-state index contributed by atoms with van der Waals surface area (Å²) in [5, 5.41) is 9.24. The average molecular weight is 295 g/mol. The molecular formula is C19H18FNO. The fourth-order valence-electron chi connectivity index (χ4n) is 2.38. The summed E-state index contributed by atoms with van der Waals surface area (Å²) < 4.78 is 15.0. The van der Waals surface area contributed by atoms with Gasteiger partial charge in [0.25, 0.3) is 0 Å². The quantitative estimate of drug-likeness (QED) is 0.742. The molecule has 0 saturated carbocycles. The molecule has 0 aliphatic heterocycles. The summed E-state index contributed by atoms with van der Waals surface area (Å²) in [4.78, 5) is 11.8. The lowest BCUT2D eigenvalue weighted by molar-refractivity contribution is 0.101. The van der Waals surface area contributed by atoms with Crippen LogP contribution in [0.4, 0.5) is 4.39 Å². The third-order valence-corrected chi connectivity index (χ3v) is 3.62. The highest BCUT2D eigenvalue weighted by Crippen LogP contribution is 2.34. The summed E-state index contributed by atoms with van der Waals surface area (Å²) in [5.41, 5.74) is 1.69. The Morgan fingerprint density at radius 2 is 1.77 bits per heavy atom. The number of rotatable bonds is 2. The van der Waals surface area contributed by atoms with Crippen LogP contribution >= 0.6 is 0 Å². The van der Waals surface area contributed by atoms with Gasteiger partial charge in [0, 0.05) is 16.7 Å². The van der Waals surface area contributed by atoms with Gasteiger partial charge in [0.1, 0.15) is 5.82 Å². The molecule has 0 amide bonds. The van der Waals surface area contributed by atoms with E-state index in [-0.39, 0.29) is 11.6 Å². The molecule has 0 atom stereocenters. The van der Waals surface area contributed by atoms with Gasteiger partial charge in [-0.15, -0.1) is 0 Å². The Morgan fingerprint density at radius 1 is 1.14 bits per heavy atom. The normalized spacial score (nSPS) is 11.1. The first-order valence-electron chi connectivity index (χ1n) is 7.10. The van der Waals surface area contributed by atoms with Gasteiger partial charge in [0.2, 0.25) is 0 Å². The number of nitrogens with zero attached hydrogens (tertiary/aromatic N) is 1. The second-order valence-electron chi connectivity index (χ2n) is 6.35. The number of halogens is 1. The van der Waals surface area contributed by atoms with E-state index in [2.05, 4.69) is 6.07 Å². The van der Waals surface area contributed by atoms with E-state index in [1.54, 1.807) is 30.3 Å². The van der Waals surface area contributed by atoms with Crippen molar-refractivity contribution in [2.45, 2.75) is 33.1 Å². The predicted octanol–water partition coefficient (Wildman–Crippen LogP) is 4.86. The molecule has 3 heteroatoms. The van der Waals surface area contributed by atoms with E-state index in [0.29, 0.717) is 27.8 Å². The lowest BCUT2D eigenvalue weighted by atomic mass is 9.82. The number of nitriles is 1. The van der Waals surface area contributed by atoms with E-state index in [4.69, 9.17) is 0 Å². The fourth-order valence-corrected chi connectivity index (χ4v) is 2.38. The summed E-state index contributed by atoms with van der Waals surface area (Å²) >= 11 is 0. The van der Waals surface area contributed by atoms with Gasteiger partial charge in [-0.2, -0.15) is 5.26 Å². The van der Waals surface area contributed by atoms with Gasteiger partial charge >= 0.3 is 0 Å². The Kier molecular flexibility index (Phi) is 4.14. The van der Waals surface area contributed by atoms with Crippen molar-refractivity contribution < 1.29 is 9.18 Å². The number of ketones is 1. The van der Waals surface area contributed by atoms with Crippen molar-refractivity contribution in [2.75, 3.05) is 0 Å². The third-order valence-electron chi connectivity index (χ3n) is 3.62. The Bertz CT molecular complexity index is 779. The highest BCUT2D eigenvalue weighted by Gasteiger charge is 2.24. The van der Waals surface area contributed by atoms with Crippen molar-refractivity contribution in [3.63, 3.8) is 0 Å². The van der Waals surface area contributed by atoms with Crippen LogP contribution in [0.25, 0.3) is 11.1 Å². The molecule has 2 rings (SSSR count). The smallest absolute Gasteiger partial charge is 0.159 e. The molecule has 0 fully saturated rings. The van der Waals surface area contributed by atoms with Crippen LogP contribution in [0.2, 0.25) is 0 Å². The monoisotopic (exact) mass is 295 g/mol. The van der Waals surface area contributed by atoms with Gasteiger partial charge < -0.3 is 0 Å². The zero-order chi connectivity index (χ0) is 16.5. The fraction of sp³-hybridized carbons (Fsp3) is 0.263. The van der Waals surface area contributed by atoms with E-state index in [9.17, 15) is 14.4 Å². The Hall–Kier alpha value is -2.47. The van der Waals surface area contributed by atoms with E-state index in [0.717, 1.165) is 0 Å². The van der Waals surface area contributed by atoms with Crippen LogP contribution in [-0.2, 0) is 5.41 Å². The number of hydrogen-bond acceptors (Lipinski definition) is 2. The maximum absolute atomic E-state index is 15.0. The van der Waals surface area contributed by atoms with Crippen molar-refractivity contribution in [3.05, 3.63) is 58.9 Å². The minimum Gasteiger partial charge on any atom is -0.295 e. The molecule has 0 saturated heterocycles.